The second-order valence-corrected chi connectivity index (χ2v) is 2.84. The van der Waals surface area contributed by atoms with Crippen molar-refractivity contribution in [3.63, 3.8) is 0 Å². The third kappa shape index (κ3) is 5.43. The van der Waals surface area contributed by atoms with E-state index in [4.69, 9.17) is 15.3 Å². The molecule has 0 spiro atoms. The average Bonchev–Trinajstić information content (AvgIpc) is 2.05. The van der Waals surface area contributed by atoms with Crippen molar-refractivity contribution in [1.82, 2.24) is 4.90 Å². The van der Waals surface area contributed by atoms with Crippen molar-refractivity contribution in [2.45, 2.75) is 25.9 Å². The van der Waals surface area contributed by atoms with E-state index in [0.29, 0.717) is 6.54 Å². The Balaban J connectivity index is 0.000000424. The number of rotatable bonds is 0. The Hall–Kier alpha value is -0.810. The van der Waals surface area contributed by atoms with E-state index in [-0.39, 0.29) is 13.2 Å². The molecular formula is C8H17NO4. The number of hydrogen-bond acceptors (Lipinski definition) is 3. The lowest BCUT2D eigenvalue weighted by atomic mass is 10.1. The molecule has 1 aliphatic heterocycles. The number of aliphatic hydroxyl groups excluding tert-OH is 2. The Morgan fingerprint density at radius 1 is 1.62 bits per heavy atom. The molecular weight excluding hydrogens is 174 g/mol. The Labute approximate surface area is 77.6 Å². The van der Waals surface area contributed by atoms with Crippen LogP contribution in [0.5, 0.6) is 0 Å². The number of β-amino-alcohol motifs (C(OH)–C–C–N with tert-alkyl or cyclic N) is 1. The van der Waals surface area contributed by atoms with Gasteiger partial charge >= 0.3 is 6.09 Å². The summed E-state index contributed by atoms with van der Waals surface area (Å²) in [5, 5.41) is 25.1. The second-order valence-electron chi connectivity index (χ2n) is 2.84. The van der Waals surface area contributed by atoms with Crippen LogP contribution in [0.4, 0.5) is 4.79 Å². The van der Waals surface area contributed by atoms with E-state index in [2.05, 4.69) is 0 Å². The third-order valence-corrected chi connectivity index (χ3v) is 1.67. The molecule has 5 heteroatoms. The van der Waals surface area contributed by atoms with Gasteiger partial charge in [0.1, 0.15) is 0 Å². The van der Waals surface area contributed by atoms with Crippen LogP contribution in [0.2, 0.25) is 0 Å². The molecule has 13 heavy (non-hydrogen) atoms. The van der Waals surface area contributed by atoms with Gasteiger partial charge in [-0.3, -0.25) is 0 Å². The number of aliphatic hydroxyl groups is 2. The predicted octanol–water partition coefficient (Wildman–Crippen LogP) is 0.120. The van der Waals surface area contributed by atoms with Crippen LogP contribution in [0.3, 0.4) is 0 Å². The van der Waals surface area contributed by atoms with Gasteiger partial charge in [-0.15, -0.1) is 0 Å². The number of hydrogen-bond donors (Lipinski definition) is 3. The van der Waals surface area contributed by atoms with E-state index < -0.39 is 12.2 Å². The van der Waals surface area contributed by atoms with Crippen molar-refractivity contribution in [3.05, 3.63) is 0 Å². The molecule has 0 aromatic carbocycles. The molecule has 1 rings (SSSR count). The normalized spacial score (nSPS) is 21.8. The minimum absolute atomic E-state index is 0.250. The van der Waals surface area contributed by atoms with Gasteiger partial charge in [0.2, 0.25) is 0 Å². The summed E-state index contributed by atoms with van der Waals surface area (Å²) in [7, 11) is 0. The lowest BCUT2D eigenvalue weighted by Crippen LogP contribution is -2.41. The maximum absolute atomic E-state index is 10.3. The first-order valence-corrected chi connectivity index (χ1v) is 4.38. The molecule has 0 aliphatic carbocycles. The highest BCUT2D eigenvalue weighted by molar-refractivity contribution is 5.65. The lowest BCUT2D eigenvalue weighted by Gasteiger charge is -2.27. The first-order valence-electron chi connectivity index (χ1n) is 4.38. The molecule has 0 saturated carbocycles. The zero-order valence-electron chi connectivity index (χ0n) is 7.81. The Kier molecular flexibility index (Phi) is 6.26. The number of likely N-dealkylation sites (tertiary alicyclic amines) is 1. The monoisotopic (exact) mass is 191 g/mol. The Bertz CT molecular complexity index is 151. The Morgan fingerprint density at radius 3 is 2.46 bits per heavy atom. The van der Waals surface area contributed by atoms with Gasteiger partial charge in [-0.1, -0.05) is 0 Å². The quantitative estimate of drug-likeness (QED) is 0.508. The van der Waals surface area contributed by atoms with Crippen molar-refractivity contribution in [3.8, 4) is 0 Å². The molecule has 0 bridgehead atoms. The third-order valence-electron chi connectivity index (χ3n) is 1.67. The number of piperidine rings is 1. The van der Waals surface area contributed by atoms with Crippen LogP contribution in [0, 0.1) is 0 Å². The lowest BCUT2D eigenvalue weighted by molar-refractivity contribution is 0.0660. The maximum atomic E-state index is 10.3. The SMILES string of the molecule is CCO.O=C(O)N1CCCC(O)C1. The molecule has 78 valence electrons. The van der Waals surface area contributed by atoms with E-state index >= 15 is 0 Å². The topological polar surface area (TPSA) is 81.0 Å². The molecule has 1 heterocycles. The zero-order valence-corrected chi connectivity index (χ0v) is 7.81. The van der Waals surface area contributed by atoms with Crippen molar-refractivity contribution in [2.24, 2.45) is 0 Å². The van der Waals surface area contributed by atoms with Crippen molar-refractivity contribution in [2.75, 3.05) is 19.7 Å². The van der Waals surface area contributed by atoms with Gasteiger partial charge < -0.3 is 20.2 Å². The zero-order chi connectivity index (χ0) is 10.3. The van der Waals surface area contributed by atoms with Crippen molar-refractivity contribution < 1.29 is 20.1 Å². The van der Waals surface area contributed by atoms with Gasteiger partial charge in [0.15, 0.2) is 0 Å². The van der Waals surface area contributed by atoms with Crippen molar-refractivity contribution >= 4 is 6.09 Å². The molecule has 1 amide bonds. The van der Waals surface area contributed by atoms with Crippen LogP contribution in [-0.4, -0.2) is 52.1 Å². The molecule has 1 fully saturated rings. The molecule has 0 aromatic heterocycles. The first kappa shape index (κ1) is 12.2. The highest BCUT2D eigenvalue weighted by atomic mass is 16.4. The van der Waals surface area contributed by atoms with Crippen molar-refractivity contribution in [1.29, 1.82) is 0 Å². The minimum atomic E-state index is -0.932. The molecule has 1 saturated heterocycles. The van der Waals surface area contributed by atoms with E-state index in [1.54, 1.807) is 6.92 Å². The number of nitrogens with zero attached hydrogens (tertiary/aromatic N) is 1. The highest BCUT2D eigenvalue weighted by Gasteiger charge is 2.20. The molecule has 0 aromatic rings. The largest absolute Gasteiger partial charge is 0.465 e. The summed E-state index contributed by atoms with van der Waals surface area (Å²) < 4.78 is 0. The fourth-order valence-electron chi connectivity index (χ4n) is 1.13. The predicted molar refractivity (Wildman–Crippen MR) is 47.6 cm³/mol. The van der Waals surface area contributed by atoms with Gasteiger partial charge in [-0.05, 0) is 19.8 Å². The van der Waals surface area contributed by atoms with Gasteiger partial charge in [-0.2, -0.15) is 0 Å². The summed E-state index contributed by atoms with van der Waals surface area (Å²) in [5.41, 5.74) is 0. The van der Waals surface area contributed by atoms with Crippen LogP contribution in [0.25, 0.3) is 0 Å². The fourth-order valence-corrected chi connectivity index (χ4v) is 1.13. The molecule has 0 radical (unpaired) electrons. The van der Waals surface area contributed by atoms with Gasteiger partial charge in [0.25, 0.3) is 0 Å². The summed E-state index contributed by atoms with van der Waals surface area (Å²) in [6.07, 6.45) is 0.112. The van der Waals surface area contributed by atoms with Gasteiger partial charge in [0, 0.05) is 19.7 Å². The summed E-state index contributed by atoms with van der Waals surface area (Å²) in [5.74, 6) is 0. The molecule has 1 unspecified atom stereocenters. The van der Waals surface area contributed by atoms with Gasteiger partial charge in [-0.25, -0.2) is 4.79 Å². The summed E-state index contributed by atoms with van der Waals surface area (Å²) in [4.78, 5) is 11.6. The van der Waals surface area contributed by atoms with Crippen LogP contribution < -0.4 is 0 Å². The van der Waals surface area contributed by atoms with E-state index in [1.807, 2.05) is 0 Å². The number of carboxylic acid groups (broad SMARTS) is 1. The molecule has 5 nitrogen and oxygen atoms in total. The van der Waals surface area contributed by atoms with Gasteiger partial charge in [0.05, 0.1) is 6.10 Å². The molecule has 3 N–H and O–H groups in total. The highest BCUT2D eigenvalue weighted by Crippen LogP contribution is 2.08. The summed E-state index contributed by atoms with van der Waals surface area (Å²) in [6.45, 7) is 2.77. The molecule has 1 atom stereocenters. The minimum Gasteiger partial charge on any atom is -0.465 e. The van der Waals surface area contributed by atoms with E-state index in [9.17, 15) is 4.79 Å². The smallest absolute Gasteiger partial charge is 0.407 e. The van der Waals surface area contributed by atoms with Crippen LogP contribution in [-0.2, 0) is 0 Å². The Morgan fingerprint density at radius 2 is 2.15 bits per heavy atom. The maximum Gasteiger partial charge on any atom is 0.407 e. The van der Waals surface area contributed by atoms with Crippen LogP contribution in [0.15, 0.2) is 0 Å². The van der Waals surface area contributed by atoms with E-state index in [0.717, 1.165) is 12.8 Å². The van der Waals surface area contributed by atoms with Crippen LogP contribution in [0.1, 0.15) is 19.8 Å². The van der Waals surface area contributed by atoms with E-state index in [1.165, 1.54) is 4.90 Å². The summed E-state index contributed by atoms with van der Waals surface area (Å²) in [6, 6.07) is 0. The average molecular weight is 191 g/mol. The van der Waals surface area contributed by atoms with Crippen LogP contribution >= 0.6 is 0 Å². The summed E-state index contributed by atoms with van der Waals surface area (Å²) >= 11 is 0. The number of amides is 1. The second kappa shape index (κ2) is 6.68. The number of carbonyl (C=O) groups is 1. The first-order chi connectivity index (χ1) is 6.11. The molecule has 1 aliphatic rings. The fraction of sp³-hybridized carbons (Fsp3) is 0.875. The standard InChI is InChI=1S/C6H11NO3.C2H6O/c8-5-2-1-3-7(4-5)6(9)10;1-2-3/h5,8H,1-4H2,(H,9,10);3H,2H2,1H3.